The highest BCUT2D eigenvalue weighted by atomic mass is 32.2. The van der Waals surface area contributed by atoms with Gasteiger partial charge in [0.15, 0.2) is 15.6 Å². The van der Waals surface area contributed by atoms with Gasteiger partial charge in [0.25, 0.3) is 0 Å². The molecule has 0 radical (unpaired) electrons. The number of hydrogen-bond donors (Lipinski definition) is 1. The van der Waals surface area contributed by atoms with Crippen LogP contribution in [-0.4, -0.2) is 33.0 Å². The lowest BCUT2D eigenvalue weighted by Gasteiger charge is -2.08. The number of anilines is 1. The van der Waals surface area contributed by atoms with Gasteiger partial charge >= 0.3 is 0 Å². The van der Waals surface area contributed by atoms with Gasteiger partial charge < -0.3 is 10.1 Å². The fourth-order valence-electron chi connectivity index (χ4n) is 2.17. The Morgan fingerprint density at radius 1 is 1.08 bits per heavy atom. The Labute approximate surface area is 146 Å². The number of nitrogens with one attached hydrogen (secondary N) is 1. The predicted octanol–water partition coefficient (Wildman–Crippen LogP) is 2.70. The zero-order valence-corrected chi connectivity index (χ0v) is 14.8. The molecule has 0 aliphatic rings. The van der Waals surface area contributed by atoms with E-state index in [0.29, 0.717) is 17.0 Å². The number of Topliss-reactive ketones (excluding diaryl/α,β-unsaturated/α-hetero) is 1. The standard InChI is InChI=1S/C18H19NO5S/c1-13(20)14-4-3-5-15(12-14)19-18(21)10-11-25(22,23)17-8-6-16(24-2)7-9-17/h3-9,12H,10-11H2,1-2H3,(H,19,21). The molecule has 6 nitrogen and oxygen atoms in total. The molecule has 0 aromatic heterocycles. The Bertz CT molecular complexity index is 873. The zero-order chi connectivity index (χ0) is 18.4. The molecule has 2 rings (SSSR count). The first-order chi connectivity index (χ1) is 11.8. The minimum Gasteiger partial charge on any atom is -0.497 e. The Morgan fingerprint density at radius 2 is 1.76 bits per heavy atom. The van der Waals surface area contributed by atoms with Crippen LogP contribution in [0.1, 0.15) is 23.7 Å². The van der Waals surface area contributed by atoms with Crippen molar-refractivity contribution in [3.8, 4) is 5.75 Å². The monoisotopic (exact) mass is 361 g/mol. The Balaban J connectivity index is 1.98. The van der Waals surface area contributed by atoms with Crippen LogP contribution in [0.2, 0.25) is 0 Å². The van der Waals surface area contributed by atoms with Crippen molar-refractivity contribution in [1.29, 1.82) is 0 Å². The third-order valence-corrected chi connectivity index (χ3v) is 5.30. The molecule has 0 aliphatic carbocycles. The van der Waals surface area contributed by atoms with E-state index in [4.69, 9.17) is 4.74 Å². The topological polar surface area (TPSA) is 89.5 Å². The van der Waals surface area contributed by atoms with Crippen LogP contribution in [0, 0.1) is 0 Å². The van der Waals surface area contributed by atoms with Gasteiger partial charge in [-0.1, -0.05) is 12.1 Å². The van der Waals surface area contributed by atoms with E-state index in [1.807, 2.05) is 0 Å². The maximum atomic E-state index is 12.3. The van der Waals surface area contributed by atoms with Gasteiger partial charge in [-0.25, -0.2) is 8.42 Å². The number of amides is 1. The van der Waals surface area contributed by atoms with Crippen molar-refractivity contribution in [1.82, 2.24) is 0 Å². The van der Waals surface area contributed by atoms with Crippen LogP contribution in [0.5, 0.6) is 5.75 Å². The van der Waals surface area contributed by atoms with Gasteiger partial charge in [0.1, 0.15) is 5.75 Å². The van der Waals surface area contributed by atoms with E-state index in [2.05, 4.69) is 5.32 Å². The van der Waals surface area contributed by atoms with Gasteiger partial charge in [0.05, 0.1) is 17.8 Å². The van der Waals surface area contributed by atoms with Gasteiger partial charge in [-0.15, -0.1) is 0 Å². The molecule has 0 fully saturated rings. The lowest BCUT2D eigenvalue weighted by Crippen LogP contribution is -2.17. The second-order valence-electron chi connectivity index (χ2n) is 5.43. The molecule has 132 valence electrons. The maximum absolute atomic E-state index is 12.3. The number of carbonyl (C=O) groups is 2. The lowest BCUT2D eigenvalue weighted by molar-refractivity contribution is -0.115. The van der Waals surface area contributed by atoms with Crippen molar-refractivity contribution in [3.63, 3.8) is 0 Å². The second-order valence-corrected chi connectivity index (χ2v) is 7.54. The van der Waals surface area contributed by atoms with Crippen LogP contribution < -0.4 is 10.1 Å². The summed E-state index contributed by atoms with van der Waals surface area (Å²) < 4.78 is 29.5. The summed E-state index contributed by atoms with van der Waals surface area (Å²) in [7, 11) is -2.07. The molecule has 0 bridgehead atoms. The van der Waals surface area contributed by atoms with Crippen LogP contribution in [0.25, 0.3) is 0 Å². The second kappa shape index (κ2) is 7.94. The first-order valence-corrected chi connectivity index (χ1v) is 9.25. The van der Waals surface area contributed by atoms with Crippen molar-refractivity contribution in [3.05, 3.63) is 54.1 Å². The van der Waals surface area contributed by atoms with Gasteiger partial charge in [-0.3, -0.25) is 9.59 Å². The number of hydrogen-bond acceptors (Lipinski definition) is 5. The molecular weight excluding hydrogens is 342 g/mol. The Morgan fingerprint density at radius 3 is 2.36 bits per heavy atom. The minimum atomic E-state index is -3.56. The average Bonchev–Trinajstić information content (AvgIpc) is 2.60. The van der Waals surface area contributed by atoms with Crippen molar-refractivity contribution < 1.29 is 22.7 Å². The molecule has 0 saturated carbocycles. The third-order valence-electron chi connectivity index (χ3n) is 3.57. The first kappa shape index (κ1) is 18.7. The van der Waals surface area contributed by atoms with Gasteiger partial charge in [0.2, 0.25) is 5.91 Å². The van der Waals surface area contributed by atoms with Crippen molar-refractivity contribution in [2.75, 3.05) is 18.2 Å². The van der Waals surface area contributed by atoms with E-state index in [9.17, 15) is 18.0 Å². The Hall–Kier alpha value is -2.67. The number of sulfone groups is 1. The number of carbonyl (C=O) groups excluding carboxylic acids is 2. The molecule has 25 heavy (non-hydrogen) atoms. The smallest absolute Gasteiger partial charge is 0.225 e. The molecule has 1 N–H and O–H groups in total. The highest BCUT2D eigenvalue weighted by Crippen LogP contribution is 2.18. The average molecular weight is 361 g/mol. The van der Waals surface area contributed by atoms with Crippen LogP contribution in [0.15, 0.2) is 53.4 Å². The highest BCUT2D eigenvalue weighted by molar-refractivity contribution is 7.91. The molecule has 2 aromatic rings. The zero-order valence-electron chi connectivity index (χ0n) is 14.0. The van der Waals surface area contributed by atoms with Crippen molar-refractivity contribution in [2.45, 2.75) is 18.2 Å². The summed E-state index contributed by atoms with van der Waals surface area (Å²) >= 11 is 0. The molecule has 0 atom stereocenters. The summed E-state index contributed by atoms with van der Waals surface area (Å²) in [4.78, 5) is 23.5. The summed E-state index contributed by atoms with van der Waals surface area (Å²) in [5, 5.41) is 2.60. The maximum Gasteiger partial charge on any atom is 0.225 e. The predicted molar refractivity (Wildman–Crippen MR) is 94.7 cm³/mol. The fraction of sp³-hybridized carbons (Fsp3) is 0.222. The van der Waals surface area contributed by atoms with E-state index < -0.39 is 15.7 Å². The number of ketones is 1. The largest absolute Gasteiger partial charge is 0.497 e. The molecule has 0 spiro atoms. The number of methoxy groups -OCH3 is 1. The molecular formula is C18H19NO5S. The SMILES string of the molecule is COc1ccc(S(=O)(=O)CCC(=O)Nc2cccc(C(C)=O)c2)cc1. The van der Waals surface area contributed by atoms with Crippen molar-refractivity contribution in [2.24, 2.45) is 0 Å². The number of ether oxygens (including phenoxy) is 1. The molecule has 2 aromatic carbocycles. The van der Waals surface area contributed by atoms with Crippen molar-refractivity contribution >= 4 is 27.2 Å². The van der Waals surface area contributed by atoms with E-state index in [0.717, 1.165) is 0 Å². The first-order valence-electron chi connectivity index (χ1n) is 7.59. The summed E-state index contributed by atoms with van der Waals surface area (Å²) in [6.07, 6.45) is -0.182. The lowest BCUT2D eigenvalue weighted by atomic mass is 10.1. The molecule has 0 unspecified atom stereocenters. The fourth-order valence-corrected chi connectivity index (χ4v) is 3.41. The summed E-state index contributed by atoms with van der Waals surface area (Å²) in [5.41, 5.74) is 0.934. The molecule has 0 heterocycles. The summed E-state index contributed by atoms with van der Waals surface area (Å²) in [6, 6.07) is 12.5. The normalized spacial score (nSPS) is 11.0. The quantitative estimate of drug-likeness (QED) is 0.766. The van der Waals surface area contributed by atoms with E-state index in [1.165, 1.54) is 26.2 Å². The van der Waals surface area contributed by atoms with Crippen LogP contribution >= 0.6 is 0 Å². The van der Waals surface area contributed by atoms with E-state index in [1.54, 1.807) is 36.4 Å². The van der Waals surface area contributed by atoms with E-state index in [-0.39, 0.29) is 22.9 Å². The molecule has 0 aliphatic heterocycles. The number of rotatable bonds is 7. The molecule has 7 heteroatoms. The molecule has 1 amide bonds. The minimum absolute atomic E-state index is 0.113. The van der Waals surface area contributed by atoms with Crippen LogP contribution in [-0.2, 0) is 14.6 Å². The summed E-state index contributed by atoms with van der Waals surface area (Å²) in [6.45, 7) is 1.43. The van der Waals surface area contributed by atoms with E-state index >= 15 is 0 Å². The van der Waals surface area contributed by atoms with Gasteiger partial charge in [0, 0.05) is 17.7 Å². The summed E-state index contributed by atoms with van der Waals surface area (Å²) in [5.74, 6) is -0.296. The Kier molecular flexibility index (Phi) is 5.93. The molecule has 0 saturated heterocycles. The van der Waals surface area contributed by atoms with Crippen LogP contribution in [0.3, 0.4) is 0 Å². The number of benzene rings is 2. The highest BCUT2D eigenvalue weighted by Gasteiger charge is 2.17. The third kappa shape index (κ3) is 5.15. The van der Waals surface area contributed by atoms with Gasteiger partial charge in [-0.2, -0.15) is 0 Å². The van der Waals surface area contributed by atoms with Crippen LogP contribution in [0.4, 0.5) is 5.69 Å². The van der Waals surface area contributed by atoms with Gasteiger partial charge in [-0.05, 0) is 43.3 Å².